The number of carbonyl (C=O) groups is 1. The molecule has 1 saturated heterocycles. The van der Waals surface area contributed by atoms with E-state index >= 15 is 0 Å². The molecule has 0 bridgehead atoms. The maximum absolute atomic E-state index is 13.0. The second kappa shape index (κ2) is 7.86. The molecule has 1 aliphatic heterocycles. The quantitative estimate of drug-likeness (QED) is 0.604. The maximum Gasteiger partial charge on any atom is 0.238 e. The molecule has 9 nitrogen and oxygen atoms in total. The third-order valence-electron chi connectivity index (χ3n) is 6.51. The number of carbonyl (C=O) groups excluding carboxylic acids is 1. The minimum atomic E-state index is -3.71. The van der Waals surface area contributed by atoms with E-state index in [1.165, 1.54) is 12.1 Å². The molecule has 2 aliphatic rings. The lowest BCUT2D eigenvalue weighted by Crippen LogP contribution is -2.36. The van der Waals surface area contributed by atoms with Crippen molar-refractivity contribution >= 4 is 32.8 Å². The lowest BCUT2D eigenvalue weighted by atomic mass is 10.1. The Morgan fingerprint density at radius 3 is 2.59 bits per heavy atom. The van der Waals surface area contributed by atoms with Crippen LogP contribution in [0.4, 0.5) is 5.82 Å². The van der Waals surface area contributed by atoms with Gasteiger partial charge in [0, 0.05) is 44.2 Å². The van der Waals surface area contributed by atoms with E-state index in [2.05, 4.69) is 19.9 Å². The number of aromatic nitrogens is 3. The molecule has 0 atom stereocenters. The predicted molar refractivity (Wildman–Crippen MR) is 120 cm³/mol. The normalized spacial score (nSPS) is 18.2. The van der Waals surface area contributed by atoms with Crippen LogP contribution >= 0.6 is 0 Å². The van der Waals surface area contributed by atoms with Crippen molar-refractivity contribution in [3.8, 4) is 0 Å². The number of primary sulfonamides is 1. The van der Waals surface area contributed by atoms with Gasteiger partial charge < -0.3 is 14.8 Å². The smallest absolute Gasteiger partial charge is 0.238 e. The summed E-state index contributed by atoms with van der Waals surface area (Å²) in [5, 5.41) is 6.15. The Morgan fingerprint density at radius 1 is 1.09 bits per heavy atom. The summed E-state index contributed by atoms with van der Waals surface area (Å²) >= 11 is 0. The number of nitrogens with zero attached hydrogens (tertiary/aromatic N) is 4. The number of rotatable bonds is 5. The molecule has 3 heterocycles. The summed E-state index contributed by atoms with van der Waals surface area (Å²) in [6, 6.07) is 8.41. The summed E-state index contributed by atoms with van der Waals surface area (Å²) in [6.07, 6.45) is 6.64. The number of sulfonamides is 1. The summed E-state index contributed by atoms with van der Waals surface area (Å²) in [7, 11) is -3.71. The number of nitrogens with one attached hydrogen (secondary N) is 1. The molecule has 2 aromatic heterocycles. The fourth-order valence-electron chi connectivity index (χ4n) is 4.51. The van der Waals surface area contributed by atoms with Gasteiger partial charge in [0.2, 0.25) is 15.9 Å². The Kier molecular flexibility index (Phi) is 5.13. The van der Waals surface area contributed by atoms with E-state index < -0.39 is 10.0 Å². The number of amides is 1. The fraction of sp³-hybridized carbons (Fsp3) is 0.409. The molecular weight excluding hydrogens is 428 g/mol. The van der Waals surface area contributed by atoms with E-state index in [0.29, 0.717) is 19.4 Å². The maximum atomic E-state index is 13.0. The van der Waals surface area contributed by atoms with E-state index in [9.17, 15) is 13.2 Å². The van der Waals surface area contributed by atoms with E-state index in [4.69, 9.17) is 5.14 Å². The standard InChI is InChI=1S/C22H26N6O3S/c23-32(30,31)17-4-1-16(2-5-17)3-6-19(29)27-11-12-28(14-22(13-27)8-9-22)21-18-7-10-24-20(18)25-15-26-21/h1-2,4-5,7,10,15H,3,6,8-9,11-14H2,(H2,23,30,31)(H,24,25,26). The van der Waals surface area contributed by atoms with E-state index in [0.717, 1.165) is 54.9 Å². The van der Waals surface area contributed by atoms with Crippen LogP contribution in [-0.4, -0.2) is 60.4 Å². The zero-order valence-corrected chi connectivity index (χ0v) is 18.5. The molecule has 32 heavy (non-hydrogen) atoms. The molecule has 0 unspecified atom stereocenters. The first-order chi connectivity index (χ1) is 15.3. The average molecular weight is 455 g/mol. The van der Waals surface area contributed by atoms with Crippen molar-refractivity contribution in [1.29, 1.82) is 0 Å². The van der Waals surface area contributed by atoms with E-state index in [1.54, 1.807) is 18.5 Å². The van der Waals surface area contributed by atoms with Crippen molar-refractivity contribution in [2.75, 3.05) is 31.1 Å². The van der Waals surface area contributed by atoms with Crippen molar-refractivity contribution in [3.63, 3.8) is 0 Å². The number of aromatic amines is 1. The second-order valence-corrected chi connectivity index (χ2v) is 10.4. The van der Waals surface area contributed by atoms with Gasteiger partial charge in [-0.1, -0.05) is 12.1 Å². The summed E-state index contributed by atoms with van der Waals surface area (Å²) in [5.41, 5.74) is 1.88. The summed E-state index contributed by atoms with van der Waals surface area (Å²) < 4.78 is 22.8. The van der Waals surface area contributed by atoms with Crippen molar-refractivity contribution in [2.45, 2.75) is 30.6 Å². The zero-order valence-electron chi connectivity index (χ0n) is 17.7. The van der Waals surface area contributed by atoms with Crippen molar-refractivity contribution in [1.82, 2.24) is 19.9 Å². The number of nitrogens with two attached hydrogens (primary N) is 1. The topological polar surface area (TPSA) is 125 Å². The number of anilines is 1. The number of hydrogen-bond acceptors (Lipinski definition) is 6. The third-order valence-corrected chi connectivity index (χ3v) is 7.44. The van der Waals surface area contributed by atoms with Gasteiger partial charge >= 0.3 is 0 Å². The Bertz CT molecular complexity index is 1250. The first kappa shape index (κ1) is 20.9. The molecule has 3 aromatic rings. The number of hydrogen-bond donors (Lipinski definition) is 2. The average Bonchev–Trinajstić information content (AvgIpc) is 3.41. The highest BCUT2D eigenvalue weighted by Crippen LogP contribution is 2.48. The van der Waals surface area contributed by atoms with Crippen LogP contribution in [0.1, 0.15) is 24.8 Å². The molecular formula is C22H26N6O3S. The van der Waals surface area contributed by atoms with Crippen LogP contribution in [0, 0.1) is 5.41 Å². The lowest BCUT2D eigenvalue weighted by molar-refractivity contribution is -0.131. The Balaban J connectivity index is 1.26. The monoisotopic (exact) mass is 454 g/mol. The van der Waals surface area contributed by atoms with Gasteiger partial charge in [-0.2, -0.15) is 0 Å². The first-order valence-corrected chi connectivity index (χ1v) is 12.3. The number of benzene rings is 1. The highest BCUT2D eigenvalue weighted by atomic mass is 32.2. The third kappa shape index (κ3) is 4.20. The SMILES string of the molecule is NS(=O)(=O)c1ccc(CCC(=O)N2CCN(c3ncnc4[nH]ccc34)CC3(CC3)C2)cc1. The van der Waals surface area contributed by atoms with Gasteiger partial charge in [0.25, 0.3) is 0 Å². The molecule has 10 heteroatoms. The zero-order chi connectivity index (χ0) is 22.3. The van der Waals surface area contributed by atoms with Crippen LogP contribution < -0.4 is 10.0 Å². The van der Waals surface area contributed by atoms with Crippen LogP contribution in [0.2, 0.25) is 0 Å². The van der Waals surface area contributed by atoms with Crippen molar-refractivity contribution in [2.24, 2.45) is 10.6 Å². The molecule has 0 radical (unpaired) electrons. The Labute approximate surface area is 186 Å². The largest absolute Gasteiger partial charge is 0.354 e. The van der Waals surface area contributed by atoms with Gasteiger partial charge in [0.15, 0.2) is 0 Å². The molecule has 1 saturated carbocycles. The minimum absolute atomic E-state index is 0.0807. The van der Waals surface area contributed by atoms with Gasteiger partial charge in [0.05, 0.1) is 10.3 Å². The van der Waals surface area contributed by atoms with Gasteiger partial charge in [-0.3, -0.25) is 4.79 Å². The molecule has 1 amide bonds. The lowest BCUT2D eigenvalue weighted by Gasteiger charge is -2.25. The fourth-order valence-corrected chi connectivity index (χ4v) is 5.03. The second-order valence-electron chi connectivity index (χ2n) is 8.86. The number of aryl methyl sites for hydroxylation is 1. The van der Waals surface area contributed by atoms with Crippen molar-refractivity contribution in [3.05, 3.63) is 48.4 Å². The molecule has 5 rings (SSSR count). The minimum Gasteiger partial charge on any atom is -0.354 e. The highest BCUT2D eigenvalue weighted by molar-refractivity contribution is 7.89. The van der Waals surface area contributed by atoms with Crippen LogP contribution in [0.3, 0.4) is 0 Å². The molecule has 1 aromatic carbocycles. The first-order valence-electron chi connectivity index (χ1n) is 10.8. The Hall–Kier alpha value is -2.98. The Morgan fingerprint density at radius 2 is 1.88 bits per heavy atom. The molecule has 2 fully saturated rings. The van der Waals surface area contributed by atoms with E-state index in [-0.39, 0.29) is 16.2 Å². The van der Waals surface area contributed by atoms with Crippen LogP contribution in [0.5, 0.6) is 0 Å². The number of fused-ring (bicyclic) bond motifs is 1. The molecule has 3 N–H and O–H groups in total. The summed E-state index contributed by atoms with van der Waals surface area (Å²) in [5.74, 6) is 1.05. The van der Waals surface area contributed by atoms with Crippen LogP contribution in [-0.2, 0) is 21.2 Å². The van der Waals surface area contributed by atoms with Crippen LogP contribution in [0.15, 0.2) is 47.8 Å². The highest BCUT2D eigenvalue weighted by Gasteiger charge is 2.47. The van der Waals surface area contributed by atoms with Gasteiger partial charge in [-0.05, 0) is 43.0 Å². The summed E-state index contributed by atoms with van der Waals surface area (Å²) in [4.78, 5) is 29.4. The van der Waals surface area contributed by atoms with Crippen molar-refractivity contribution < 1.29 is 13.2 Å². The van der Waals surface area contributed by atoms with Gasteiger partial charge in [-0.15, -0.1) is 0 Å². The van der Waals surface area contributed by atoms with Gasteiger partial charge in [-0.25, -0.2) is 23.5 Å². The molecule has 1 spiro atoms. The van der Waals surface area contributed by atoms with Crippen LogP contribution in [0.25, 0.3) is 11.0 Å². The number of H-pyrrole nitrogens is 1. The predicted octanol–water partition coefficient (Wildman–Crippen LogP) is 1.67. The van der Waals surface area contributed by atoms with Gasteiger partial charge in [0.1, 0.15) is 17.8 Å². The molecule has 1 aliphatic carbocycles. The molecule has 168 valence electrons. The summed E-state index contributed by atoms with van der Waals surface area (Å²) in [6.45, 7) is 3.05. The van der Waals surface area contributed by atoms with E-state index in [1.807, 2.05) is 17.2 Å².